The summed E-state index contributed by atoms with van der Waals surface area (Å²) in [5.74, 6) is 3.94. The smallest absolute Gasteiger partial charge is 0.329 e. The molecule has 0 spiro atoms. The highest BCUT2D eigenvalue weighted by Crippen LogP contribution is 2.25. The molecule has 3 heterocycles. The average Bonchev–Trinajstić information content (AvgIpc) is 3.22. The number of carbonyl (C=O) groups is 3. The van der Waals surface area contributed by atoms with Crippen LogP contribution in [0.1, 0.15) is 55.7 Å². The Morgan fingerprint density at radius 2 is 1.81 bits per heavy atom. The number of aryl methyl sites for hydroxylation is 1. The van der Waals surface area contributed by atoms with E-state index in [2.05, 4.69) is 17.2 Å². The van der Waals surface area contributed by atoms with Gasteiger partial charge in [0.05, 0.1) is 17.1 Å². The van der Waals surface area contributed by atoms with E-state index in [0.29, 0.717) is 42.0 Å². The van der Waals surface area contributed by atoms with Crippen molar-refractivity contribution in [2.24, 2.45) is 18.7 Å². The van der Waals surface area contributed by atoms with E-state index in [-0.39, 0.29) is 36.8 Å². The molecule has 2 atom stereocenters. The molecule has 9 nitrogen and oxygen atoms in total. The standard InChI is InChI=1S/C31H33F2N5O4/c1-36-27-18-20(7-9-25(27)38(31(36)42)26-10-11-28(39)35-29(26)40)5-3-2-4-19-12-14-37(15-13-19)30(41)24(34)17-21-6-8-22(32)23(33)16-21/h6-9,16,18-19,24,26H,2,4,10-15,17,34H2,1H3,(H,35,39,40). The highest BCUT2D eigenvalue weighted by molar-refractivity contribution is 6.00. The summed E-state index contributed by atoms with van der Waals surface area (Å²) in [5, 5.41) is 2.31. The van der Waals surface area contributed by atoms with Gasteiger partial charge in [0, 0.05) is 38.5 Å². The van der Waals surface area contributed by atoms with Gasteiger partial charge < -0.3 is 10.6 Å². The maximum absolute atomic E-state index is 13.5. The average molecular weight is 578 g/mol. The van der Waals surface area contributed by atoms with Crippen molar-refractivity contribution >= 4 is 28.8 Å². The molecule has 5 rings (SSSR count). The Morgan fingerprint density at radius 1 is 1.05 bits per heavy atom. The minimum atomic E-state index is -0.953. The molecule has 11 heteroatoms. The first-order chi connectivity index (χ1) is 20.1. The molecule has 42 heavy (non-hydrogen) atoms. The van der Waals surface area contributed by atoms with E-state index in [1.165, 1.54) is 15.2 Å². The number of amides is 3. The first kappa shape index (κ1) is 29.2. The van der Waals surface area contributed by atoms with Crippen molar-refractivity contribution in [2.45, 2.75) is 57.0 Å². The number of hydrogen-bond acceptors (Lipinski definition) is 5. The van der Waals surface area contributed by atoms with Gasteiger partial charge in [-0.2, -0.15) is 0 Å². The molecule has 0 aliphatic carbocycles. The zero-order valence-corrected chi connectivity index (χ0v) is 23.4. The van der Waals surface area contributed by atoms with Crippen molar-refractivity contribution in [3.05, 3.63) is 69.6 Å². The number of fused-ring (bicyclic) bond motifs is 1. The van der Waals surface area contributed by atoms with Gasteiger partial charge in [-0.3, -0.25) is 28.8 Å². The highest BCUT2D eigenvalue weighted by Gasteiger charge is 2.31. The van der Waals surface area contributed by atoms with Crippen LogP contribution >= 0.6 is 0 Å². The van der Waals surface area contributed by atoms with E-state index in [1.54, 1.807) is 18.0 Å². The summed E-state index contributed by atoms with van der Waals surface area (Å²) in [7, 11) is 1.65. The maximum Gasteiger partial charge on any atom is 0.329 e. The van der Waals surface area contributed by atoms with Crippen LogP contribution in [0.3, 0.4) is 0 Å². The van der Waals surface area contributed by atoms with Crippen LogP contribution < -0.4 is 16.7 Å². The van der Waals surface area contributed by atoms with E-state index >= 15 is 0 Å². The van der Waals surface area contributed by atoms with Gasteiger partial charge in [-0.15, -0.1) is 0 Å². The van der Waals surface area contributed by atoms with Crippen LogP contribution in [0.5, 0.6) is 0 Å². The third-order valence-electron chi connectivity index (χ3n) is 8.20. The van der Waals surface area contributed by atoms with Crippen LogP contribution in [0.15, 0.2) is 41.2 Å². The number of piperidine rings is 2. The van der Waals surface area contributed by atoms with E-state index < -0.39 is 29.6 Å². The number of halogens is 2. The number of likely N-dealkylation sites (tertiary alicyclic amines) is 1. The number of rotatable bonds is 6. The van der Waals surface area contributed by atoms with Crippen LogP contribution in [-0.4, -0.2) is 50.9 Å². The monoisotopic (exact) mass is 577 g/mol. The van der Waals surface area contributed by atoms with Crippen molar-refractivity contribution in [3.63, 3.8) is 0 Å². The molecule has 0 bridgehead atoms. The zero-order valence-electron chi connectivity index (χ0n) is 23.4. The fraction of sp³-hybridized carbons (Fsp3) is 0.419. The van der Waals surface area contributed by atoms with Gasteiger partial charge in [-0.25, -0.2) is 13.6 Å². The number of imide groups is 1. The molecule has 2 saturated heterocycles. The van der Waals surface area contributed by atoms with Gasteiger partial charge in [0.25, 0.3) is 0 Å². The molecule has 2 unspecified atom stereocenters. The molecule has 0 radical (unpaired) electrons. The summed E-state index contributed by atoms with van der Waals surface area (Å²) < 4.78 is 29.6. The predicted molar refractivity (Wildman–Crippen MR) is 152 cm³/mol. The molecular weight excluding hydrogens is 544 g/mol. The fourth-order valence-corrected chi connectivity index (χ4v) is 5.80. The van der Waals surface area contributed by atoms with Gasteiger partial charge in [0.15, 0.2) is 11.6 Å². The summed E-state index contributed by atoms with van der Waals surface area (Å²) in [5.41, 5.74) is 8.29. The third kappa shape index (κ3) is 6.14. The molecule has 1 aromatic heterocycles. The molecule has 2 aromatic carbocycles. The largest absolute Gasteiger partial charge is 0.341 e. The normalized spacial score (nSPS) is 18.5. The number of nitrogens with one attached hydrogen (secondary N) is 1. The van der Waals surface area contributed by atoms with Gasteiger partial charge in [0.2, 0.25) is 17.7 Å². The second-order valence-corrected chi connectivity index (χ2v) is 11.1. The minimum absolute atomic E-state index is 0.146. The Hall–Kier alpha value is -4.30. The van der Waals surface area contributed by atoms with E-state index in [9.17, 15) is 28.0 Å². The second-order valence-electron chi connectivity index (χ2n) is 11.1. The van der Waals surface area contributed by atoms with E-state index in [1.807, 2.05) is 12.1 Å². The number of aromatic nitrogens is 2. The van der Waals surface area contributed by atoms with Crippen LogP contribution in [0.25, 0.3) is 11.0 Å². The molecule has 0 saturated carbocycles. The van der Waals surface area contributed by atoms with Gasteiger partial charge in [-0.05, 0) is 73.9 Å². The lowest BCUT2D eigenvalue weighted by Crippen LogP contribution is -2.48. The Bertz CT molecular complexity index is 1660. The molecule has 2 aliphatic rings. The molecule has 3 N–H and O–H groups in total. The summed E-state index contributed by atoms with van der Waals surface area (Å²) in [4.78, 5) is 51.4. The number of hydrogen-bond donors (Lipinski definition) is 2. The topological polar surface area (TPSA) is 119 Å². The predicted octanol–water partition coefficient (Wildman–Crippen LogP) is 2.54. The molecule has 3 amide bonds. The van der Waals surface area contributed by atoms with Gasteiger partial charge in [0.1, 0.15) is 6.04 Å². The number of carbonyl (C=O) groups excluding carboxylic acids is 3. The lowest BCUT2D eigenvalue weighted by atomic mass is 9.91. The number of benzene rings is 2. The first-order valence-electron chi connectivity index (χ1n) is 14.1. The number of nitrogens with zero attached hydrogens (tertiary/aromatic N) is 3. The van der Waals surface area contributed by atoms with Crippen LogP contribution in [0, 0.1) is 29.4 Å². The lowest BCUT2D eigenvalue weighted by Gasteiger charge is -2.33. The summed E-state index contributed by atoms with van der Waals surface area (Å²) >= 11 is 0. The van der Waals surface area contributed by atoms with E-state index in [4.69, 9.17) is 5.73 Å². The molecular formula is C31H33F2N5O4. The SMILES string of the molecule is Cn1c(=O)n(C2CCC(=O)NC2=O)c2ccc(C#CCCC3CCN(C(=O)C(N)Cc4ccc(F)c(F)c4)CC3)cc21. The Labute approximate surface area is 241 Å². The molecule has 220 valence electrons. The molecule has 2 fully saturated rings. The van der Waals surface area contributed by atoms with Crippen molar-refractivity contribution in [1.82, 2.24) is 19.4 Å². The van der Waals surface area contributed by atoms with Crippen molar-refractivity contribution in [1.29, 1.82) is 0 Å². The molecule has 3 aromatic rings. The summed E-state index contributed by atoms with van der Waals surface area (Å²) in [6.07, 6.45) is 3.87. The third-order valence-corrected chi connectivity index (χ3v) is 8.20. The Morgan fingerprint density at radius 3 is 2.52 bits per heavy atom. The molecule has 2 aliphatic heterocycles. The minimum Gasteiger partial charge on any atom is -0.341 e. The lowest BCUT2D eigenvalue weighted by molar-refractivity contribution is -0.136. The van der Waals surface area contributed by atoms with Gasteiger partial charge in [-0.1, -0.05) is 17.9 Å². The summed E-state index contributed by atoms with van der Waals surface area (Å²) in [6, 6.07) is 7.46. The van der Waals surface area contributed by atoms with Crippen LogP contribution in [0.2, 0.25) is 0 Å². The number of imidazole rings is 1. The maximum atomic E-state index is 13.5. The van der Waals surface area contributed by atoms with Crippen LogP contribution in [0.4, 0.5) is 8.78 Å². The second kappa shape index (κ2) is 12.3. The first-order valence-corrected chi connectivity index (χ1v) is 14.1. The fourth-order valence-electron chi connectivity index (χ4n) is 5.80. The zero-order chi connectivity index (χ0) is 30.0. The summed E-state index contributed by atoms with van der Waals surface area (Å²) in [6.45, 7) is 1.19. The quantitative estimate of drug-likeness (QED) is 0.345. The Balaban J connectivity index is 1.13. The van der Waals surface area contributed by atoms with Gasteiger partial charge >= 0.3 is 5.69 Å². The van der Waals surface area contributed by atoms with Crippen molar-refractivity contribution in [2.75, 3.05) is 13.1 Å². The van der Waals surface area contributed by atoms with E-state index in [0.717, 1.165) is 37.0 Å². The van der Waals surface area contributed by atoms with Crippen molar-refractivity contribution < 1.29 is 23.2 Å². The van der Waals surface area contributed by atoms with Crippen molar-refractivity contribution in [3.8, 4) is 11.8 Å². The van der Waals surface area contributed by atoms with Crippen LogP contribution in [-0.2, 0) is 27.9 Å². The highest BCUT2D eigenvalue weighted by atomic mass is 19.2. The Kier molecular flexibility index (Phi) is 8.54. The number of nitrogens with two attached hydrogens (primary N) is 1.